The number of ether oxygens (including phenoxy) is 1. The van der Waals surface area contributed by atoms with E-state index in [0.29, 0.717) is 6.04 Å². The van der Waals surface area contributed by atoms with Crippen molar-refractivity contribution < 1.29 is 19.7 Å². The number of pyridine rings is 1. The molecular weight excluding hydrogens is 344 g/mol. The largest absolute Gasteiger partial charge is 0.508 e. The number of phenols is 1. The summed E-state index contributed by atoms with van der Waals surface area (Å²) < 4.78 is 5.59. The van der Waals surface area contributed by atoms with Crippen LogP contribution < -0.4 is 10.1 Å². The number of benzene rings is 1. The molecule has 6 heteroatoms. The minimum absolute atomic E-state index is 0.0741. The van der Waals surface area contributed by atoms with Gasteiger partial charge in [0.15, 0.2) is 0 Å². The zero-order chi connectivity index (χ0) is 20.2. The number of hydrogen-bond acceptors (Lipinski definition) is 5. The number of carbonyl (C=O) groups is 1. The van der Waals surface area contributed by atoms with Crippen LogP contribution in [-0.2, 0) is 0 Å². The average Bonchev–Trinajstić information content (AvgIpc) is 2.62. The van der Waals surface area contributed by atoms with Gasteiger partial charge in [-0.25, -0.2) is 4.79 Å². The SMILES string of the molecule is CN[C@@H](C)CC=Cc1cncc(OC(C)C)c1.O=C(O)c1ccc(O)cc1. The molecule has 0 aliphatic heterocycles. The number of nitrogens with zero attached hydrogens (tertiary/aromatic N) is 1. The predicted molar refractivity (Wildman–Crippen MR) is 107 cm³/mol. The van der Waals surface area contributed by atoms with Crippen molar-refractivity contribution in [3.63, 3.8) is 0 Å². The number of nitrogens with one attached hydrogen (secondary N) is 1. The minimum Gasteiger partial charge on any atom is -0.508 e. The average molecular weight is 372 g/mol. The van der Waals surface area contributed by atoms with Crippen molar-refractivity contribution >= 4 is 12.0 Å². The van der Waals surface area contributed by atoms with E-state index in [1.54, 1.807) is 6.20 Å². The maximum absolute atomic E-state index is 10.2. The highest BCUT2D eigenvalue weighted by Gasteiger charge is 2.00. The lowest BCUT2D eigenvalue weighted by Gasteiger charge is -2.09. The summed E-state index contributed by atoms with van der Waals surface area (Å²) in [6.45, 7) is 6.18. The van der Waals surface area contributed by atoms with Gasteiger partial charge in [-0.15, -0.1) is 0 Å². The van der Waals surface area contributed by atoms with Crippen molar-refractivity contribution in [2.75, 3.05) is 7.05 Å². The second kappa shape index (κ2) is 11.7. The fraction of sp³-hybridized carbons (Fsp3) is 0.333. The number of aromatic nitrogens is 1. The summed E-state index contributed by atoms with van der Waals surface area (Å²) >= 11 is 0. The third-order valence-corrected chi connectivity index (χ3v) is 3.51. The van der Waals surface area contributed by atoms with Gasteiger partial charge in [-0.2, -0.15) is 0 Å². The van der Waals surface area contributed by atoms with Gasteiger partial charge >= 0.3 is 5.97 Å². The molecule has 1 heterocycles. The van der Waals surface area contributed by atoms with Crippen LogP contribution >= 0.6 is 0 Å². The van der Waals surface area contributed by atoms with Gasteiger partial charge in [-0.05, 0) is 70.1 Å². The fourth-order valence-corrected chi connectivity index (χ4v) is 1.99. The van der Waals surface area contributed by atoms with E-state index in [2.05, 4.69) is 29.4 Å². The lowest BCUT2D eigenvalue weighted by Crippen LogP contribution is -2.19. The molecule has 0 radical (unpaired) electrons. The quantitative estimate of drug-likeness (QED) is 0.681. The van der Waals surface area contributed by atoms with Crippen LogP contribution in [0.15, 0.2) is 48.8 Å². The van der Waals surface area contributed by atoms with Crippen LogP contribution in [0.4, 0.5) is 0 Å². The normalized spacial score (nSPS) is 11.7. The molecule has 1 aromatic carbocycles. The first-order valence-electron chi connectivity index (χ1n) is 8.79. The second-order valence-electron chi connectivity index (χ2n) is 6.30. The highest BCUT2D eigenvalue weighted by molar-refractivity contribution is 5.87. The minimum atomic E-state index is -0.986. The van der Waals surface area contributed by atoms with E-state index in [1.807, 2.05) is 33.2 Å². The molecule has 0 saturated carbocycles. The molecule has 6 nitrogen and oxygen atoms in total. The van der Waals surface area contributed by atoms with Gasteiger partial charge in [0.25, 0.3) is 0 Å². The van der Waals surface area contributed by atoms with E-state index in [1.165, 1.54) is 24.3 Å². The smallest absolute Gasteiger partial charge is 0.335 e. The van der Waals surface area contributed by atoms with Gasteiger partial charge in [-0.3, -0.25) is 4.98 Å². The molecule has 2 rings (SSSR count). The summed E-state index contributed by atoms with van der Waals surface area (Å²) in [5.74, 6) is -0.0891. The molecule has 0 amide bonds. The van der Waals surface area contributed by atoms with Gasteiger partial charge in [0, 0.05) is 12.2 Å². The number of phenolic OH excluding ortho intramolecular Hbond substituents is 1. The highest BCUT2D eigenvalue weighted by atomic mass is 16.5. The number of hydrogen-bond donors (Lipinski definition) is 3. The standard InChI is InChI=1S/C14H22N2O.C7H6O3/c1-11(2)17-14-8-13(9-16-10-14)7-5-6-12(3)15-4;8-6-3-1-5(2-4-6)7(9)10/h5,7-12,15H,6H2,1-4H3;1-4,8H,(H,9,10)/t12-;/m0./s1. The number of rotatable bonds is 7. The Kier molecular flexibility index (Phi) is 9.61. The summed E-state index contributed by atoms with van der Waals surface area (Å²) in [7, 11) is 1.97. The van der Waals surface area contributed by atoms with Crippen LogP contribution in [0.1, 0.15) is 43.1 Å². The zero-order valence-electron chi connectivity index (χ0n) is 16.2. The molecular formula is C21H28N2O4. The Morgan fingerprint density at radius 2 is 1.89 bits per heavy atom. The molecule has 27 heavy (non-hydrogen) atoms. The van der Waals surface area contributed by atoms with Crippen LogP contribution in [0, 0.1) is 0 Å². The van der Waals surface area contributed by atoms with Crippen molar-refractivity contribution in [2.24, 2.45) is 0 Å². The Morgan fingerprint density at radius 1 is 1.22 bits per heavy atom. The van der Waals surface area contributed by atoms with E-state index >= 15 is 0 Å². The van der Waals surface area contributed by atoms with E-state index in [4.69, 9.17) is 14.9 Å². The van der Waals surface area contributed by atoms with Gasteiger partial charge in [0.05, 0.1) is 17.9 Å². The number of aromatic carboxylic acids is 1. The highest BCUT2D eigenvalue weighted by Crippen LogP contribution is 2.14. The molecule has 0 unspecified atom stereocenters. The maximum Gasteiger partial charge on any atom is 0.335 e. The molecule has 0 bridgehead atoms. The first kappa shape index (κ1) is 22.2. The van der Waals surface area contributed by atoms with Crippen molar-refractivity contribution in [1.82, 2.24) is 10.3 Å². The molecule has 2 aromatic rings. The van der Waals surface area contributed by atoms with Gasteiger partial charge in [0.1, 0.15) is 11.5 Å². The Morgan fingerprint density at radius 3 is 2.44 bits per heavy atom. The molecule has 0 spiro atoms. The summed E-state index contributed by atoms with van der Waals surface area (Å²) in [5.41, 5.74) is 1.25. The first-order valence-corrected chi connectivity index (χ1v) is 8.79. The number of carboxylic acids is 1. The molecule has 0 aliphatic rings. The Labute approximate surface area is 160 Å². The third kappa shape index (κ3) is 9.42. The van der Waals surface area contributed by atoms with E-state index in [9.17, 15) is 4.79 Å². The fourth-order valence-electron chi connectivity index (χ4n) is 1.99. The van der Waals surface area contributed by atoms with E-state index in [0.717, 1.165) is 17.7 Å². The molecule has 3 N–H and O–H groups in total. The van der Waals surface area contributed by atoms with Crippen molar-refractivity contribution in [3.05, 3.63) is 59.9 Å². The number of aromatic hydroxyl groups is 1. The van der Waals surface area contributed by atoms with E-state index in [-0.39, 0.29) is 17.4 Å². The molecule has 146 valence electrons. The van der Waals surface area contributed by atoms with Gasteiger partial charge in [-0.1, -0.05) is 12.2 Å². The molecule has 1 aromatic heterocycles. The van der Waals surface area contributed by atoms with Crippen molar-refractivity contribution in [3.8, 4) is 11.5 Å². The molecule has 1 atom stereocenters. The van der Waals surface area contributed by atoms with Gasteiger partial charge in [0.2, 0.25) is 0 Å². The summed E-state index contributed by atoms with van der Waals surface area (Å²) in [6, 6.07) is 7.87. The maximum atomic E-state index is 10.2. The van der Waals surface area contributed by atoms with Crippen molar-refractivity contribution in [2.45, 2.75) is 39.3 Å². The summed E-state index contributed by atoms with van der Waals surface area (Å²) in [5, 5.41) is 20.3. The predicted octanol–water partition coefficient (Wildman–Crippen LogP) is 3.97. The second-order valence-corrected chi connectivity index (χ2v) is 6.30. The van der Waals surface area contributed by atoms with Crippen molar-refractivity contribution in [1.29, 1.82) is 0 Å². The molecule has 0 fully saturated rings. The Hall–Kier alpha value is -2.86. The summed E-state index contributed by atoms with van der Waals surface area (Å²) in [6.07, 6.45) is 9.00. The lowest BCUT2D eigenvalue weighted by molar-refractivity contribution is 0.0697. The van der Waals surface area contributed by atoms with Crippen LogP contribution in [0.2, 0.25) is 0 Å². The monoisotopic (exact) mass is 372 g/mol. The van der Waals surface area contributed by atoms with E-state index < -0.39 is 5.97 Å². The Balaban J connectivity index is 0.000000309. The first-order chi connectivity index (χ1) is 12.8. The lowest BCUT2D eigenvalue weighted by atomic mass is 10.2. The third-order valence-electron chi connectivity index (χ3n) is 3.51. The van der Waals surface area contributed by atoms with Crippen LogP contribution in [-0.4, -0.2) is 40.4 Å². The molecule has 0 saturated heterocycles. The van der Waals surface area contributed by atoms with Crippen LogP contribution in [0.3, 0.4) is 0 Å². The zero-order valence-corrected chi connectivity index (χ0v) is 16.2. The van der Waals surface area contributed by atoms with Crippen LogP contribution in [0.5, 0.6) is 11.5 Å². The number of carboxylic acid groups (broad SMARTS) is 1. The molecule has 0 aliphatic carbocycles. The summed E-state index contributed by atoms with van der Waals surface area (Å²) in [4.78, 5) is 14.4. The topological polar surface area (TPSA) is 91.7 Å². The Bertz CT molecular complexity index is 727. The van der Waals surface area contributed by atoms with Crippen LogP contribution in [0.25, 0.3) is 6.08 Å². The van der Waals surface area contributed by atoms with Gasteiger partial charge < -0.3 is 20.3 Å².